The van der Waals surface area contributed by atoms with Crippen molar-refractivity contribution in [1.82, 2.24) is 9.80 Å². The maximum Gasteiger partial charge on any atom is 0.268 e. The van der Waals surface area contributed by atoms with E-state index in [0.29, 0.717) is 24.6 Å². The van der Waals surface area contributed by atoms with E-state index in [1.54, 1.807) is 38.5 Å². The van der Waals surface area contributed by atoms with E-state index in [1.807, 2.05) is 48.5 Å². The SMILES string of the molecule is CCCN1CC2=C(OC(N3C(=O)c4ccccc4C3=O)=C(C#N)C2c2ccc(OC)cc2)/C(=C/c2ccc(OC)cc2)C1. The molecule has 0 radical (unpaired) electrons. The Labute approximate surface area is 250 Å². The van der Waals surface area contributed by atoms with E-state index < -0.39 is 17.7 Å². The number of amides is 2. The fourth-order valence-corrected chi connectivity index (χ4v) is 5.99. The van der Waals surface area contributed by atoms with Gasteiger partial charge in [0.15, 0.2) is 0 Å². The lowest BCUT2D eigenvalue weighted by Gasteiger charge is -2.39. The number of hydrogen-bond donors (Lipinski definition) is 0. The highest BCUT2D eigenvalue weighted by Crippen LogP contribution is 2.47. The van der Waals surface area contributed by atoms with Gasteiger partial charge in [0.25, 0.3) is 11.8 Å². The van der Waals surface area contributed by atoms with Gasteiger partial charge in [-0.05, 0) is 72.1 Å². The average molecular weight is 574 g/mol. The predicted molar refractivity (Wildman–Crippen MR) is 161 cm³/mol. The molecule has 43 heavy (non-hydrogen) atoms. The standard InChI is InChI=1S/C35H31N3O5/c1-4-17-37-20-24(18-22-9-13-25(41-2)14-10-22)32-30(21-37)31(23-11-15-26(42-3)16-12-23)29(19-36)35(43-32)38-33(39)27-7-5-6-8-28(27)34(38)40/h5-16,18,31H,4,17,20-21H2,1-3H3/b24-18+. The van der Waals surface area contributed by atoms with Gasteiger partial charge in [-0.1, -0.05) is 43.3 Å². The Balaban J connectivity index is 1.54. The number of fused-ring (bicyclic) bond motifs is 1. The van der Waals surface area contributed by atoms with Gasteiger partial charge in [-0.15, -0.1) is 0 Å². The van der Waals surface area contributed by atoms with Crippen LogP contribution in [0.25, 0.3) is 6.08 Å². The molecular weight excluding hydrogens is 542 g/mol. The quantitative estimate of drug-likeness (QED) is 0.325. The molecule has 3 aromatic rings. The van der Waals surface area contributed by atoms with Crippen LogP contribution in [0.3, 0.4) is 0 Å². The van der Waals surface area contributed by atoms with Crippen molar-refractivity contribution < 1.29 is 23.8 Å². The summed E-state index contributed by atoms with van der Waals surface area (Å²) in [7, 11) is 3.23. The van der Waals surface area contributed by atoms with Gasteiger partial charge in [0.05, 0.1) is 31.3 Å². The summed E-state index contributed by atoms with van der Waals surface area (Å²) in [6.45, 7) is 4.16. The Morgan fingerprint density at radius 1 is 0.907 bits per heavy atom. The number of carbonyl (C=O) groups excluding carboxylic acids is 2. The normalized spacial score (nSPS) is 19.3. The lowest BCUT2D eigenvalue weighted by molar-refractivity contribution is 0.0587. The molecule has 1 atom stereocenters. The second-order valence-corrected chi connectivity index (χ2v) is 10.6. The molecule has 0 saturated carbocycles. The number of carbonyl (C=O) groups is 2. The van der Waals surface area contributed by atoms with Gasteiger partial charge in [0.1, 0.15) is 28.9 Å². The van der Waals surface area contributed by atoms with Crippen molar-refractivity contribution in [1.29, 1.82) is 5.26 Å². The summed E-state index contributed by atoms with van der Waals surface area (Å²) >= 11 is 0. The number of ether oxygens (including phenoxy) is 3. The van der Waals surface area contributed by atoms with Gasteiger partial charge in [-0.25, -0.2) is 4.90 Å². The zero-order chi connectivity index (χ0) is 30.1. The second-order valence-electron chi connectivity index (χ2n) is 10.6. The molecule has 3 aliphatic heterocycles. The van der Waals surface area contributed by atoms with Gasteiger partial charge in [-0.3, -0.25) is 14.5 Å². The average Bonchev–Trinajstić information content (AvgIpc) is 3.30. The van der Waals surface area contributed by atoms with Crippen LogP contribution in [0.5, 0.6) is 11.5 Å². The zero-order valence-corrected chi connectivity index (χ0v) is 24.3. The molecule has 8 heteroatoms. The Kier molecular flexibility index (Phi) is 7.58. The molecule has 0 spiro atoms. The van der Waals surface area contributed by atoms with Crippen LogP contribution in [0.15, 0.2) is 101 Å². The van der Waals surface area contributed by atoms with E-state index in [9.17, 15) is 14.9 Å². The van der Waals surface area contributed by atoms with E-state index in [2.05, 4.69) is 24.0 Å². The molecule has 0 aliphatic carbocycles. The van der Waals surface area contributed by atoms with Crippen molar-refractivity contribution in [2.24, 2.45) is 0 Å². The molecule has 8 nitrogen and oxygen atoms in total. The first-order valence-corrected chi connectivity index (χ1v) is 14.2. The molecule has 3 aromatic carbocycles. The highest BCUT2D eigenvalue weighted by Gasteiger charge is 2.46. The molecule has 216 valence electrons. The molecule has 6 rings (SSSR count). The minimum atomic E-state index is -0.544. The minimum absolute atomic E-state index is 0.0437. The van der Waals surface area contributed by atoms with Crippen LogP contribution in [0.1, 0.15) is 51.1 Å². The first-order valence-electron chi connectivity index (χ1n) is 14.2. The van der Waals surface area contributed by atoms with Gasteiger partial charge in [0, 0.05) is 18.7 Å². The molecule has 3 heterocycles. The van der Waals surface area contributed by atoms with Crippen LogP contribution >= 0.6 is 0 Å². The van der Waals surface area contributed by atoms with Crippen LogP contribution in [0, 0.1) is 11.3 Å². The fourth-order valence-electron chi connectivity index (χ4n) is 5.99. The number of imide groups is 1. The van der Waals surface area contributed by atoms with Crippen LogP contribution in [-0.4, -0.2) is 55.5 Å². The van der Waals surface area contributed by atoms with Gasteiger partial charge in [-0.2, -0.15) is 5.26 Å². The van der Waals surface area contributed by atoms with Crippen molar-refractivity contribution in [3.63, 3.8) is 0 Å². The largest absolute Gasteiger partial charge is 0.497 e. The van der Waals surface area contributed by atoms with Gasteiger partial charge < -0.3 is 14.2 Å². The van der Waals surface area contributed by atoms with E-state index >= 15 is 0 Å². The fraction of sp³-hybridized carbons (Fsp3) is 0.229. The van der Waals surface area contributed by atoms with Gasteiger partial charge >= 0.3 is 0 Å². The van der Waals surface area contributed by atoms with Crippen molar-refractivity contribution in [2.75, 3.05) is 33.9 Å². The van der Waals surface area contributed by atoms with Crippen LogP contribution in [-0.2, 0) is 4.74 Å². The Hall–Kier alpha value is -5.13. The molecule has 0 N–H and O–H groups in total. The van der Waals surface area contributed by atoms with Crippen molar-refractivity contribution in [3.8, 4) is 17.6 Å². The Morgan fingerprint density at radius 2 is 1.51 bits per heavy atom. The molecule has 0 bridgehead atoms. The molecule has 3 aliphatic rings. The first kappa shape index (κ1) is 28.0. The third-order valence-electron chi connectivity index (χ3n) is 8.00. The number of benzene rings is 3. The van der Waals surface area contributed by atoms with Crippen molar-refractivity contribution in [3.05, 3.63) is 123 Å². The van der Waals surface area contributed by atoms with Gasteiger partial charge in [0.2, 0.25) is 5.88 Å². The number of rotatable bonds is 7. The van der Waals surface area contributed by atoms with E-state index in [-0.39, 0.29) is 22.6 Å². The number of methoxy groups -OCH3 is 2. The maximum absolute atomic E-state index is 13.6. The maximum atomic E-state index is 13.6. The highest BCUT2D eigenvalue weighted by molar-refractivity contribution is 6.22. The summed E-state index contributed by atoms with van der Waals surface area (Å²) in [6, 6.07) is 24.3. The number of hydrogen-bond acceptors (Lipinski definition) is 7. The summed E-state index contributed by atoms with van der Waals surface area (Å²) in [6.07, 6.45) is 3.01. The zero-order valence-electron chi connectivity index (χ0n) is 24.3. The van der Waals surface area contributed by atoms with E-state index in [1.165, 1.54) is 0 Å². The molecule has 1 unspecified atom stereocenters. The lowest BCUT2D eigenvalue weighted by Crippen LogP contribution is -2.40. The third kappa shape index (κ3) is 4.98. The van der Waals surface area contributed by atoms with E-state index in [0.717, 1.165) is 45.9 Å². The van der Waals surface area contributed by atoms with Crippen LogP contribution in [0.2, 0.25) is 0 Å². The highest BCUT2D eigenvalue weighted by atomic mass is 16.5. The Bertz CT molecular complexity index is 1690. The predicted octanol–water partition coefficient (Wildman–Crippen LogP) is 5.91. The third-order valence-corrected chi connectivity index (χ3v) is 8.00. The lowest BCUT2D eigenvalue weighted by atomic mass is 9.80. The topological polar surface area (TPSA) is 92.1 Å². The van der Waals surface area contributed by atoms with Crippen molar-refractivity contribution >= 4 is 17.9 Å². The summed E-state index contributed by atoms with van der Waals surface area (Å²) in [4.78, 5) is 30.6. The molecule has 0 fully saturated rings. The molecule has 0 saturated heterocycles. The summed E-state index contributed by atoms with van der Waals surface area (Å²) in [5.74, 6) is 0.408. The monoisotopic (exact) mass is 573 g/mol. The molecule has 2 amide bonds. The number of allylic oxidation sites excluding steroid dienone is 1. The smallest absolute Gasteiger partial charge is 0.268 e. The summed E-state index contributed by atoms with van der Waals surface area (Å²) in [5.41, 5.74) is 4.36. The number of nitrogens with zero attached hydrogens (tertiary/aromatic N) is 3. The number of nitriles is 1. The minimum Gasteiger partial charge on any atom is -0.497 e. The summed E-state index contributed by atoms with van der Waals surface area (Å²) in [5, 5.41) is 10.6. The summed E-state index contributed by atoms with van der Waals surface area (Å²) < 4.78 is 17.3. The van der Waals surface area contributed by atoms with Crippen LogP contribution in [0.4, 0.5) is 0 Å². The van der Waals surface area contributed by atoms with Crippen LogP contribution < -0.4 is 9.47 Å². The van der Waals surface area contributed by atoms with Crippen molar-refractivity contribution in [2.45, 2.75) is 19.3 Å². The second kappa shape index (κ2) is 11.6. The first-order chi connectivity index (χ1) is 21.0. The van der Waals surface area contributed by atoms with E-state index in [4.69, 9.17) is 14.2 Å². The Morgan fingerprint density at radius 3 is 2.07 bits per heavy atom. The molecular formula is C35H31N3O5. The molecule has 0 aromatic heterocycles.